The fourth-order valence-corrected chi connectivity index (χ4v) is 1.70. The Bertz CT molecular complexity index is 796. The van der Waals surface area contributed by atoms with Gasteiger partial charge in [-0.1, -0.05) is 17.3 Å². The highest BCUT2D eigenvalue weighted by Gasteiger charge is 2.09. The van der Waals surface area contributed by atoms with Gasteiger partial charge >= 0.3 is 5.97 Å². The van der Waals surface area contributed by atoms with Crippen molar-refractivity contribution in [2.45, 2.75) is 6.92 Å². The Hall–Kier alpha value is -3.49. The van der Waals surface area contributed by atoms with Crippen LogP contribution in [0, 0.1) is 17.0 Å². The standard InChI is InChI=1S/C15H13N3O6/c1-10-7-13(17-24-10)16-14(19)9-23-15(20)6-5-11-3-2-4-12(8-11)18(21)22/h2-8H,9H2,1H3,(H,16,17,19)/b6-5+. The van der Waals surface area contributed by atoms with E-state index in [1.165, 1.54) is 30.3 Å². The third kappa shape index (κ3) is 5.05. The van der Waals surface area contributed by atoms with Crippen LogP contribution in [0.1, 0.15) is 11.3 Å². The van der Waals surface area contributed by atoms with Crippen LogP contribution in [0.15, 0.2) is 40.9 Å². The summed E-state index contributed by atoms with van der Waals surface area (Å²) in [5.41, 5.74) is 0.372. The number of esters is 1. The molecule has 1 amide bonds. The minimum absolute atomic E-state index is 0.0900. The van der Waals surface area contributed by atoms with Gasteiger partial charge in [-0.05, 0) is 18.6 Å². The average molecular weight is 331 g/mol. The molecule has 0 aliphatic heterocycles. The number of rotatable bonds is 6. The second kappa shape index (κ2) is 7.68. The molecule has 1 N–H and O–H groups in total. The third-order valence-electron chi connectivity index (χ3n) is 2.73. The highest BCUT2D eigenvalue weighted by Crippen LogP contribution is 2.14. The van der Waals surface area contributed by atoms with Gasteiger partial charge in [-0.2, -0.15) is 0 Å². The van der Waals surface area contributed by atoms with E-state index in [1.54, 1.807) is 13.0 Å². The SMILES string of the molecule is Cc1cc(NC(=O)COC(=O)/C=C/c2cccc([N+](=O)[O-])c2)no1. The van der Waals surface area contributed by atoms with Crippen molar-refractivity contribution in [2.24, 2.45) is 0 Å². The van der Waals surface area contributed by atoms with Crippen LogP contribution in [0.3, 0.4) is 0 Å². The molecule has 124 valence electrons. The molecule has 1 aromatic carbocycles. The Morgan fingerprint density at radius 2 is 2.21 bits per heavy atom. The summed E-state index contributed by atoms with van der Waals surface area (Å²) in [6.45, 7) is 1.17. The van der Waals surface area contributed by atoms with Crippen molar-refractivity contribution >= 4 is 29.5 Å². The van der Waals surface area contributed by atoms with E-state index in [2.05, 4.69) is 10.5 Å². The van der Waals surface area contributed by atoms with Crippen molar-refractivity contribution < 1.29 is 23.8 Å². The first-order valence-electron chi connectivity index (χ1n) is 6.76. The number of nitrogens with zero attached hydrogens (tertiary/aromatic N) is 2. The molecule has 9 nitrogen and oxygen atoms in total. The molecule has 2 aromatic rings. The monoisotopic (exact) mass is 331 g/mol. The first-order valence-corrected chi connectivity index (χ1v) is 6.76. The summed E-state index contributed by atoms with van der Waals surface area (Å²) in [6, 6.07) is 7.25. The number of benzene rings is 1. The van der Waals surface area contributed by atoms with Crippen LogP contribution in [0.25, 0.3) is 6.08 Å². The van der Waals surface area contributed by atoms with E-state index < -0.39 is 23.4 Å². The zero-order valence-electron chi connectivity index (χ0n) is 12.6. The van der Waals surface area contributed by atoms with Gasteiger partial charge in [0.05, 0.1) is 4.92 Å². The first kappa shape index (κ1) is 16.9. The number of carbonyl (C=O) groups is 2. The van der Waals surface area contributed by atoms with Crippen LogP contribution < -0.4 is 5.32 Å². The van der Waals surface area contributed by atoms with Crippen LogP contribution in [-0.2, 0) is 14.3 Å². The molecule has 0 fully saturated rings. The topological polar surface area (TPSA) is 125 Å². The largest absolute Gasteiger partial charge is 0.452 e. The molecule has 1 aromatic heterocycles. The molecule has 1 heterocycles. The second-order valence-corrected chi connectivity index (χ2v) is 4.66. The van der Waals surface area contributed by atoms with Crippen LogP contribution in [0.5, 0.6) is 0 Å². The second-order valence-electron chi connectivity index (χ2n) is 4.66. The van der Waals surface area contributed by atoms with Gasteiger partial charge in [-0.3, -0.25) is 14.9 Å². The zero-order valence-corrected chi connectivity index (χ0v) is 12.6. The number of nitro benzene ring substituents is 1. The minimum atomic E-state index is -0.756. The number of ether oxygens (including phenoxy) is 1. The molecular formula is C15H13N3O6. The molecule has 0 aliphatic carbocycles. The number of non-ortho nitro benzene ring substituents is 1. The fourth-order valence-electron chi connectivity index (χ4n) is 1.70. The number of aromatic nitrogens is 1. The summed E-state index contributed by atoms with van der Waals surface area (Å²) in [5.74, 6) is -0.573. The number of amides is 1. The van der Waals surface area contributed by atoms with Gasteiger partial charge in [0.2, 0.25) is 0 Å². The van der Waals surface area contributed by atoms with E-state index in [0.29, 0.717) is 11.3 Å². The van der Waals surface area contributed by atoms with E-state index in [4.69, 9.17) is 9.26 Å². The Morgan fingerprint density at radius 1 is 1.42 bits per heavy atom. The smallest absolute Gasteiger partial charge is 0.331 e. The molecule has 0 saturated carbocycles. The number of nitrogens with one attached hydrogen (secondary N) is 1. The van der Waals surface area contributed by atoms with E-state index in [1.807, 2.05) is 0 Å². The van der Waals surface area contributed by atoms with Gasteiger partial charge in [0.15, 0.2) is 12.4 Å². The van der Waals surface area contributed by atoms with Crippen molar-refractivity contribution in [1.82, 2.24) is 5.16 Å². The lowest BCUT2D eigenvalue weighted by molar-refractivity contribution is -0.384. The van der Waals surface area contributed by atoms with E-state index in [-0.39, 0.29) is 11.5 Å². The molecule has 0 saturated heterocycles. The quantitative estimate of drug-likeness (QED) is 0.372. The molecule has 2 rings (SSSR count). The van der Waals surface area contributed by atoms with Crippen molar-refractivity contribution in [2.75, 3.05) is 11.9 Å². The Morgan fingerprint density at radius 3 is 2.88 bits per heavy atom. The number of hydrogen-bond donors (Lipinski definition) is 1. The molecule has 0 bridgehead atoms. The maximum Gasteiger partial charge on any atom is 0.331 e. The lowest BCUT2D eigenvalue weighted by Gasteiger charge is -2.01. The van der Waals surface area contributed by atoms with Gasteiger partial charge < -0.3 is 14.6 Å². The number of carbonyl (C=O) groups excluding carboxylic acids is 2. The number of aryl methyl sites for hydroxylation is 1. The van der Waals surface area contributed by atoms with E-state index in [0.717, 1.165) is 6.08 Å². The van der Waals surface area contributed by atoms with Crippen LogP contribution in [0.4, 0.5) is 11.5 Å². The highest BCUT2D eigenvalue weighted by atomic mass is 16.6. The van der Waals surface area contributed by atoms with Crippen molar-refractivity contribution in [1.29, 1.82) is 0 Å². The van der Waals surface area contributed by atoms with Gasteiger partial charge in [0, 0.05) is 24.3 Å². The van der Waals surface area contributed by atoms with Crippen LogP contribution in [-0.4, -0.2) is 28.6 Å². The summed E-state index contributed by atoms with van der Waals surface area (Å²) in [4.78, 5) is 33.2. The zero-order chi connectivity index (χ0) is 17.5. The van der Waals surface area contributed by atoms with Crippen molar-refractivity contribution in [3.63, 3.8) is 0 Å². The Labute approximate surface area is 136 Å². The van der Waals surface area contributed by atoms with Gasteiger partial charge in [0.25, 0.3) is 11.6 Å². The maximum atomic E-state index is 11.6. The first-order chi connectivity index (χ1) is 11.4. The molecule has 0 radical (unpaired) electrons. The highest BCUT2D eigenvalue weighted by molar-refractivity contribution is 5.94. The third-order valence-corrected chi connectivity index (χ3v) is 2.73. The van der Waals surface area contributed by atoms with Gasteiger partial charge in [-0.25, -0.2) is 4.79 Å². The van der Waals surface area contributed by atoms with Crippen LogP contribution in [0.2, 0.25) is 0 Å². The lowest BCUT2D eigenvalue weighted by Crippen LogP contribution is -2.20. The summed E-state index contributed by atoms with van der Waals surface area (Å²) in [5, 5.41) is 16.6. The van der Waals surface area contributed by atoms with Crippen molar-refractivity contribution in [3.8, 4) is 0 Å². The number of anilines is 1. The predicted octanol–water partition coefficient (Wildman–Crippen LogP) is 2.09. The van der Waals surface area contributed by atoms with Gasteiger partial charge in [0.1, 0.15) is 5.76 Å². The summed E-state index contributed by atoms with van der Waals surface area (Å²) in [7, 11) is 0. The number of hydrogen-bond acceptors (Lipinski definition) is 7. The maximum absolute atomic E-state index is 11.6. The molecule has 0 aliphatic rings. The molecule has 24 heavy (non-hydrogen) atoms. The van der Waals surface area contributed by atoms with Gasteiger partial charge in [-0.15, -0.1) is 0 Å². The van der Waals surface area contributed by atoms with E-state index >= 15 is 0 Å². The average Bonchev–Trinajstić information content (AvgIpc) is 2.96. The molecular weight excluding hydrogens is 318 g/mol. The van der Waals surface area contributed by atoms with Crippen molar-refractivity contribution in [3.05, 3.63) is 57.8 Å². The normalized spacial score (nSPS) is 10.5. The summed E-state index contributed by atoms with van der Waals surface area (Å²) >= 11 is 0. The fraction of sp³-hybridized carbons (Fsp3) is 0.133. The molecule has 0 atom stereocenters. The lowest BCUT2D eigenvalue weighted by atomic mass is 10.2. The molecule has 9 heteroatoms. The number of nitro groups is 1. The minimum Gasteiger partial charge on any atom is -0.452 e. The summed E-state index contributed by atoms with van der Waals surface area (Å²) < 4.78 is 9.53. The molecule has 0 spiro atoms. The molecule has 0 unspecified atom stereocenters. The van der Waals surface area contributed by atoms with E-state index in [9.17, 15) is 19.7 Å². The Balaban J connectivity index is 1.83. The van der Waals surface area contributed by atoms with Crippen LogP contribution >= 0.6 is 0 Å². The Kier molecular flexibility index (Phi) is 5.40. The summed E-state index contributed by atoms with van der Waals surface area (Å²) in [6.07, 6.45) is 2.43. The predicted molar refractivity (Wildman–Crippen MR) is 83.0 cm³/mol.